The third-order valence-electron chi connectivity index (χ3n) is 3.90. The Morgan fingerprint density at radius 1 is 1.35 bits per heavy atom. The van der Waals surface area contributed by atoms with E-state index in [1.807, 2.05) is 12.4 Å². The average molecular weight is 233 g/mol. The summed E-state index contributed by atoms with van der Waals surface area (Å²) >= 11 is 0. The molecular weight excluding hydrogens is 210 g/mol. The van der Waals surface area contributed by atoms with Crippen molar-refractivity contribution in [1.82, 2.24) is 15.2 Å². The standard InChI is InChI=1S/C14H23N3/c1-12-8-13(10-16-9-12)11-17-6-4-14(2,15-3)5-7-17/h8-10,15H,4-7,11H2,1-3H3. The smallest absolute Gasteiger partial charge is 0.0313 e. The van der Waals surface area contributed by atoms with Gasteiger partial charge in [-0.2, -0.15) is 0 Å². The highest BCUT2D eigenvalue weighted by Crippen LogP contribution is 2.22. The third-order valence-corrected chi connectivity index (χ3v) is 3.90. The molecular formula is C14H23N3. The molecule has 3 nitrogen and oxygen atoms in total. The van der Waals surface area contributed by atoms with E-state index in [0.717, 1.165) is 6.54 Å². The highest BCUT2D eigenvalue weighted by Gasteiger charge is 2.27. The Morgan fingerprint density at radius 2 is 2.06 bits per heavy atom. The van der Waals surface area contributed by atoms with Crippen LogP contribution in [0.3, 0.4) is 0 Å². The first kappa shape index (κ1) is 12.5. The molecule has 2 rings (SSSR count). The van der Waals surface area contributed by atoms with Crippen molar-refractivity contribution in [2.45, 2.75) is 38.8 Å². The Balaban J connectivity index is 1.90. The lowest BCUT2D eigenvalue weighted by molar-refractivity contribution is 0.146. The summed E-state index contributed by atoms with van der Waals surface area (Å²) in [6.07, 6.45) is 6.35. The van der Waals surface area contributed by atoms with Gasteiger partial charge in [-0.15, -0.1) is 0 Å². The van der Waals surface area contributed by atoms with Crippen molar-refractivity contribution in [2.24, 2.45) is 0 Å². The van der Waals surface area contributed by atoms with E-state index in [2.05, 4.69) is 42.2 Å². The van der Waals surface area contributed by atoms with Gasteiger partial charge in [-0.1, -0.05) is 6.07 Å². The number of hydrogen-bond acceptors (Lipinski definition) is 3. The predicted octanol–water partition coefficient (Wildman–Crippen LogP) is 1.96. The Kier molecular flexibility index (Phi) is 3.79. The Hall–Kier alpha value is -0.930. The molecule has 1 saturated heterocycles. The van der Waals surface area contributed by atoms with Gasteiger partial charge in [0.25, 0.3) is 0 Å². The molecule has 0 aromatic carbocycles. The Bertz CT molecular complexity index is 367. The average Bonchev–Trinajstić information content (AvgIpc) is 2.33. The molecule has 3 heteroatoms. The van der Waals surface area contributed by atoms with Gasteiger partial charge in [-0.25, -0.2) is 0 Å². The first-order chi connectivity index (χ1) is 8.11. The van der Waals surface area contributed by atoms with Crippen molar-refractivity contribution in [3.8, 4) is 0 Å². The molecule has 0 aliphatic carbocycles. The summed E-state index contributed by atoms with van der Waals surface area (Å²) in [5.41, 5.74) is 2.92. The number of nitrogens with zero attached hydrogens (tertiary/aromatic N) is 2. The first-order valence-electron chi connectivity index (χ1n) is 6.43. The molecule has 0 atom stereocenters. The number of pyridine rings is 1. The van der Waals surface area contributed by atoms with Crippen LogP contribution in [0.4, 0.5) is 0 Å². The summed E-state index contributed by atoms with van der Waals surface area (Å²) in [4.78, 5) is 6.78. The lowest BCUT2D eigenvalue weighted by Gasteiger charge is -2.39. The zero-order valence-electron chi connectivity index (χ0n) is 11.2. The minimum atomic E-state index is 0.335. The predicted molar refractivity (Wildman–Crippen MR) is 70.9 cm³/mol. The second kappa shape index (κ2) is 5.15. The van der Waals surface area contributed by atoms with Gasteiger partial charge in [-0.05, 0) is 44.9 Å². The summed E-state index contributed by atoms with van der Waals surface area (Å²) in [6.45, 7) is 7.80. The van der Waals surface area contributed by atoms with Crippen molar-refractivity contribution in [3.63, 3.8) is 0 Å². The number of hydrogen-bond donors (Lipinski definition) is 1. The van der Waals surface area contributed by atoms with Gasteiger partial charge >= 0.3 is 0 Å². The Morgan fingerprint density at radius 3 is 2.65 bits per heavy atom. The largest absolute Gasteiger partial charge is 0.314 e. The van der Waals surface area contributed by atoms with E-state index < -0.39 is 0 Å². The van der Waals surface area contributed by atoms with Crippen molar-refractivity contribution < 1.29 is 0 Å². The summed E-state index contributed by atoms with van der Waals surface area (Å²) in [5.74, 6) is 0. The maximum Gasteiger partial charge on any atom is 0.0313 e. The van der Waals surface area contributed by atoms with Gasteiger partial charge in [0.1, 0.15) is 0 Å². The third kappa shape index (κ3) is 3.27. The minimum absolute atomic E-state index is 0.335. The number of likely N-dealkylation sites (tertiary alicyclic amines) is 1. The SMILES string of the molecule is CNC1(C)CCN(Cc2cncc(C)c2)CC1. The topological polar surface area (TPSA) is 28.2 Å². The molecule has 0 unspecified atom stereocenters. The molecule has 0 radical (unpaired) electrons. The second-order valence-corrected chi connectivity index (χ2v) is 5.46. The number of nitrogens with one attached hydrogen (secondary N) is 1. The van der Waals surface area contributed by atoms with Gasteiger partial charge < -0.3 is 5.32 Å². The maximum absolute atomic E-state index is 4.26. The van der Waals surface area contributed by atoms with E-state index in [1.165, 1.54) is 37.1 Å². The molecule has 17 heavy (non-hydrogen) atoms. The first-order valence-corrected chi connectivity index (χ1v) is 6.43. The van der Waals surface area contributed by atoms with E-state index in [9.17, 15) is 0 Å². The summed E-state index contributed by atoms with van der Waals surface area (Å²) in [7, 11) is 2.07. The molecule has 0 saturated carbocycles. The van der Waals surface area contributed by atoms with E-state index in [4.69, 9.17) is 0 Å². The van der Waals surface area contributed by atoms with Crippen molar-refractivity contribution >= 4 is 0 Å². The van der Waals surface area contributed by atoms with Gasteiger partial charge in [0.15, 0.2) is 0 Å². The molecule has 1 aromatic heterocycles. The van der Waals surface area contributed by atoms with Crippen LogP contribution in [-0.4, -0.2) is 35.6 Å². The fourth-order valence-electron chi connectivity index (χ4n) is 2.42. The van der Waals surface area contributed by atoms with Crippen LogP contribution < -0.4 is 5.32 Å². The van der Waals surface area contributed by atoms with Gasteiger partial charge in [-0.3, -0.25) is 9.88 Å². The normalized spacial score (nSPS) is 20.4. The zero-order chi connectivity index (χ0) is 12.3. The molecule has 94 valence electrons. The van der Waals surface area contributed by atoms with Crippen LogP contribution in [0, 0.1) is 6.92 Å². The lowest BCUT2D eigenvalue weighted by atomic mass is 9.90. The molecule has 0 spiro atoms. The van der Waals surface area contributed by atoms with Crippen LogP contribution in [0.5, 0.6) is 0 Å². The van der Waals surface area contributed by atoms with Crippen molar-refractivity contribution in [3.05, 3.63) is 29.6 Å². The molecule has 0 bridgehead atoms. The van der Waals surface area contributed by atoms with Crippen LogP contribution in [-0.2, 0) is 6.54 Å². The number of aromatic nitrogens is 1. The fraction of sp³-hybridized carbons (Fsp3) is 0.643. The number of aryl methyl sites for hydroxylation is 1. The zero-order valence-corrected chi connectivity index (χ0v) is 11.2. The van der Waals surface area contributed by atoms with Crippen LogP contribution in [0.2, 0.25) is 0 Å². The Labute approximate surface area is 104 Å². The van der Waals surface area contributed by atoms with Gasteiger partial charge in [0.05, 0.1) is 0 Å². The summed E-state index contributed by atoms with van der Waals surface area (Å²) in [5, 5.41) is 3.43. The van der Waals surface area contributed by atoms with Crippen LogP contribution >= 0.6 is 0 Å². The van der Waals surface area contributed by atoms with E-state index in [0.29, 0.717) is 5.54 Å². The lowest BCUT2D eigenvalue weighted by Crippen LogP contribution is -2.49. The van der Waals surface area contributed by atoms with E-state index >= 15 is 0 Å². The van der Waals surface area contributed by atoms with E-state index in [-0.39, 0.29) is 0 Å². The molecule has 1 fully saturated rings. The number of rotatable bonds is 3. The molecule has 2 heterocycles. The van der Waals surface area contributed by atoms with Crippen LogP contribution in [0.1, 0.15) is 30.9 Å². The summed E-state index contributed by atoms with van der Waals surface area (Å²) < 4.78 is 0. The highest BCUT2D eigenvalue weighted by molar-refractivity contribution is 5.16. The minimum Gasteiger partial charge on any atom is -0.314 e. The van der Waals surface area contributed by atoms with Crippen molar-refractivity contribution in [1.29, 1.82) is 0 Å². The molecule has 1 N–H and O–H groups in total. The fourth-order valence-corrected chi connectivity index (χ4v) is 2.42. The molecule has 0 amide bonds. The molecule has 1 aliphatic rings. The maximum atomic E-state index is 4.26. The molecule has 1 aliphatic heterocycles. The summed E-state index contributed by atoms with van der Waals surface area (Å²) in [6, 6.07) is 2.23. The molecule has 1 aromatic rings. The monoisotopic (exact) mass is 233 g/mol. The quantitative estimate of drug-likeness (QED) is 0.865. The van der Waals surface area contributed by atoms with Gasteiger partial charge in [0.2, 0.25) is 0 Å². The highest BCUT2D eigenvalue weighted by atomic mass is 15.1. The van der Waals surface area contributed by atoms with Crippen LogP contribution in [0.25, 0.3) is 0 Å². The van der Waals surface area contributed by atoms with Gasteiger partial charge in [0, 0.05) is 37.6 Å². The van der Waals surface area contributed by atoms with E-state index in [1.54, 1.807) is 0 Å². The van der Waals surface area contributed by atoms with Crippen molar-refractivity contribution in [2.75, 3.05) is 20.1 Å². The number of piperidine rings is 1. The van der Waals surface area contributed by atoms with Crippen LogP contribution in [0.15, 0.2) is 18.5 Å². The second-order valence-electron chi connectivity index (χ2n) is 5.46.